The standard InChI is InChI=1S/C14H17FN4O2/c1-9-7-13(18-19(9)2)17-14(21)16-8-12(20)10-5-3-4-6-11(10)15/h3-7,12,20H,8H2,1-2H3,(H2,16,17,18,21). The number of urea groups is 1. The zero-order chi connectivity index (χ0) is 15.4. The fourth-order valence-electron chi connectivity index (χ4n) is 1.83. The molecule has 1 aromatic carbocycles. The third-order valence-electron chi connectivity index (χ3n) is 3.08. The molecule has 2 amide bonds. The largest absolute Gasteiger partial charge is 0.386 e. The number of amides is 2. The van der Waals surface area contributed by atoms with Gasteiger partial charge in [-0.2, -0.15) is 5.10 Å². The fourth-order valence-corrected chi connectivity index (χ4v) is 1.83. The molecular weight excluding hydrogens is 275 g/mol. The molecule has 112 valence electrons. The van der Waals surface area contributed by atoms with Gasteiger partial charge in [0, 0.05) is 30.9 Å². The van der Waals surface area contributed by atoms with Crippen LogP contribution >= 0.6 is 0 Å². The molecule has 3 N–H and O–H groups in total. The zero-order valence-corrected chi connectivity index (χ0v) is 11.8. The number of aryl methyl sites for hydroxylation is 2. The average molecular weight is 292 g/mol. The number of aliphatic hydroxyl groups excluding tert-OH is 1. The number of anilines is 1. The van der Waals surface area contributed by atoms with E-state index in [1.54, 1.807) is 23.9 Å². The molecule has 2 aromatic rings. The number of nitrogens with zero attached hydrogens (tertiary/aromatic N) is 2. The molecule has 21 heavy (non-hydrogen) atoms. The molecule has 0 saturated carbocycles. The summed E-state index contributed by atoms with van der Waals surface area (Å²) in [4.78, 5) is 11.7. The first kappa shape index (κ1) is 15.0. The van der Waals surface area contributed by atoms with Crippen LogP contribution in [0.15, 0.2) is 30.3 Å². The minimum Gasteiger partial charge on any atom is -0.386 e. The monoisotopic (exact) mass is 292 g/mol. The SMILES string of the molecule is Cc1cc(NC(=O)NCC(O)c2ccccc2F)nn1C. The summed E-state index contributed by atoms with van der Waals surface area (Å²) in [7, 11) is 1.76. The van der Waals surface area contributed by atoms with Crippen LogP contribution in [0.1, 0.15) is 17.4 Å². The van der Waals surface area contributed by atoms with Gasteiger partial charge in [0.05, 0.1) is 6.10 Å². The maximum atomic E-state index is 13.5. The first-order chi connectivity index (χ1) is 9.97. The summed E-state index contributed by atoms with van der Waals surface area (Å²) >= 11 is 0. The number of benzene rings is 1. The highest BCUT2D eigenvalue weighted by Gasteiger charge is 2.13. The molecule has 0 saturated heterocycles. The van der Waals surface area contributed by atoms with Crippen molar-refractivity contribution < 1.29 is 14.3 Å². The van der Waals surface area contributed by atoms with E-state index in [9.17, 15) is 14.3 Å². The van der Waals surface area contributed by atoms with E-state index in [1.165, 1.54) is 18.2 Å². The van der Waals surface area contributed by atoms with Crippen LogP contribution in [0.4, 0.5) is 15.0 Å². The maximum Gasteiger partial charge on any atom is 0.320 e. The van der Waals surface area contributed by atoms with Crippen LogP contribution in [0.25, 0.3) is 0 Å². The van der Waals surface area contributed by atoms with Crippen molar-refractivity contribution in [2.45, 2.75) is 13.0 Å². The van der Waals surface area contributed by atoms with Gasteiger partial charge in [0.25, 0.3) is 0 Å². The highest BCUT2D eigenvalue weighted by Crippen LogP contribution is 2.15. The second kappa shape index (κ2) is 6.36. The molecule has 0 radical (unpaired) electrons. The molecule has 6 nitrogen and oxygen atoms in total. The number of halogens is 1. The number of rotatable bonds is 4. The minimum atomic E-state index is -1.11. The predicted molar refractivity (Wildman–Crippen MR) is 76.3 cm³/mol. The van der Waals surface area contributed by atoms with E-state index in [2.05, 4.69) is 15.7 Å². The molecule has 0 spiro atoms. The normalized spacial score (nSPS) is 12.0. The quantitative estimate of drug-likeness (QED) is 0.803. The molecule has 0 fully saturated rings. The molecule has 1 atom stereocenters. The molecular formula is C14H17FN4O2. The Bertz CT molecular complexity index is 622. The van der Waals surface area contributed by atoms with Crippen LogP contribution in [0.3, 0.4) is 0 Å². The van der Waals surface area contributed by atoms with Gasteiger partial charge in [0.1, 0.15) is 5.82 Å². The van der Waals surface area contributed by atoms with E-state index in [-0.39, 0.29) is 12.1 Å². The second-order valence-electron chi connectivity index (χ2n) is 4.67. The minimum absolute atomic E-state index is 0.0986. The third-order valence-corrected chi connectivity index (χ3v) is 3.08. The van der Waals surface area contributed by atoms with Crippen molar-refractivity contribution in [2.24, 2.45) is 7.05 Å². The number of aliphatic hydroxyl groups is 1. The fraction of sp³-hybridized carbons (Fsp3) is 0.286. The number of carbonyl (C=O) groups excluding carboxylic acids is 1. The summed E-state index contributed by atoms with van der Waals surface area (Å²) < 4.78 is 15.1. The van der Waals surface area contributed by atoms with Gasteiger partial charge >= 0.3 is 6.03 Å². The van der Waals surface area contributed by atoms with Gasteiger partial charge in [-0.3, -0.25) is 10.00 Å². The topological polar surface area (TPSA) is 79.2 Å². The molecule has 7 heteroatoms. The number of aromatic nitrogens is 2. The molecule has 1 unspecified atom stereocenters. The van der Waals surface area contributed by atoms with Gasteiger partial charge in [0.2, 0.25) is 0 Å². The van der Waals surface area contributed by atoms with Crippen molar-refractivity contribution in [3.05, 3.63) is 47.4 Å². The first-order valence-corrected chi connectivity index (χ1v) is 6.45. The van der Waals surface area contributed by atoms with Crippen molar-refractivity contribution in [2.75, 3.05) is 11.9 Å². The Morgan fingerprint density at radius 2 is 2.19 bits per heavy atom. The lowest BCUT2D eigenvalue weighted by Crippen LogP contribution is -2.32. The Hall–Kier alpha value is -2.41. The highest BCUT2D eigenvalue weighted by molar-refractivity contribution is 5.88. The number of hydrogen-bond donors (Lipinski definition) is 3. The predicted octanol–water partition coefficient (Wildman–Crippen LogP) is 1.72. The average Bonchev–Trinajstić information content (AvgIpc) is 2.75. The Balaban J connectivity index is 1.88. The smallest absolute Gasteiger partial charge is 0.320 e. The van der Waals surface area contributed by atoms with E-state index in [1.807, 2.05) is 6.92 Å². The van der Waals surface area contributed by atoms with Crippen molar-refractivity contribution in [3.8, 4) is 0 Å². The van der Waals surface area contributed by atoms with Crippen LogP contribution in [0.2, 0.25) is 0 Å². The Kier molecular flexibility index (Phi) is 4.54. The van der Waals surface area contributed by atoms with Crippen LogP contribution in [-0.2, 0) is 7.05 Å². The molecule has 1 aromatic heterocycles. The maximum absolute atomic E-state index is 13.5. The summed E-state index contributed by atoms with van der Waals surface area (Å²) in [6, 6.07) is 7.10. The molecule has 0 aliphatic rings. The lowest BCUT2D eigenvalue weighted by atomic mass is 10.1. The number of nitrogens with one attached hydrogen (secondary N) is 2. The van der Waals surface area contributed by atoms with Gasteiger partial charge in [-0.05, 0) is 13.0 Å². The zero-order valence-electron chi connectivity index (χ0n) is 11.8. The summed E-state index contributed by atoms with van der Waals surface area (Å²) in [6.45, 7) is 1.76. The van der Waals surface area contributed by atoms with E-state index in [4.69, 9.17) is 0 Å². The molecule has 2 rings (SSSR count). The Morgan fingerprint density at radius 3 is 2.81 bits per heavy atom. The van der Waals surface area contributed by atoms with E-state index in [0.717, 1.165) is 5.69 Å². The van der Waals surface area contributed by atoms with E-state index in [0.29, 0.717) is 5.82 Å². The van der Waals surface area contributed by atoms with Crippen LogP contribution < -0.4 is 10.6 Å². The molecule has 0 bridgehead atoms. The third kappa shape index (κ3) is 3.79. The van der Waals surface area contributed by atoms with Gasteiger partial charge < -0.3 is 10.4 Å². The van der Waals surface area contributed by atoms with Crippen molar-refractivity contribution in [3.63, 3.8) is 0 Å². The number of carbonyl (C=O) groups is 1. The van der Waals surface area contributed by atoms with Crippen molar-refractivity contribution in [1.29, 1.82) is 0 Å². The summed E-state index contributed by atoms with van der Waals surface area (Å²) in [5.74, 6) is -0.0968. The van der Waals surface area contributed by atoms with Gasteiger partial charge in [0.15, 0.2) is 5.82 Å². The summed E-state index contributed by atoms with van der Waals surface area (Å²) in [5, 5.41) is 18.9. The lowest BCUT2D eigenvalue weighted by Gasteiger charge is -2.13. The van der Waals surface area contributed by atoms with Crippen LogP contribution in [0.5, 0.6) is 0 Å². The van der Waals surface area contributed by atoms with Gasteiger partial charge in [-0.25, -0.2) is 9.18 Å². The van der Waals surface area contributed by atoms with Gasteiger partial charge in [-0.1, -0.05) is 18.2 Å². The molecule has 1 heterocycles. The van der Waals surface area contributed by atoms with E-state index < -0.39 is 18.0 Å². The van der Waals surface area contributed by atoms with Crippen LogP contribution in [-0.4, -0.2) is 27.5 Å². The van der Waals surface area contributed by atoms with Crippen LogP contribution in [0, 0.1) is 12.7 Å². The van der Waals surface area contributed by atoms with Crippen molar-refractivity contribution in [1.82, 2.24) is 15.1 Å². The molecule has 0 aliphatic carbocycles. The second-order valence-corrected chi connectivity index (χ2v) is 4.67. The van der Waals surface area contributed by atoms with Crippen molar-refractivity contribution >= 4 is 11.8 Å². The number of hydrogen-bond acceptors (Lipinski definition) is 3. The Morgan fingerprint density at radius 1 is 1.48 bits per heavy atom. The summed E-state index contributed by atoms with van der Waals surface area (Å²) in [5.41, 5.74) is 1.04. The van der Waals surface area contributed by atoms with Gasteiger partial charge in [-0.15, -0.1) is 0 Å². The highest BCUT2D eigenvalue weighted by atomic mass is 19.1. The lowest BCUT2D eigenvalue weighted by molar-refractivity contribution is 0.170. The molecule has 0 aliphatic heterocycles. The van der Waals surface area contributed by atoms with E-state index >= 15 is 0 Å². The Labute approximate surface area is 121 Å². The summed E-state index contributed by atoms with van der Waals surface area (Å²) in [6.07, 6.45) is -1.11. The first-order valence-electron chi connectivity index (χ1n) is 6.45.